The summed E-state index contributed by atoms with van der Waals surface area (Å²) in [4.78, 5) is 15.9. The lowest BCUT2D eigenvalue weighted by molar-refractivity contribution is 0.0599. The molecule has 0 fully saturated rings. The first kappa shape index (κ1) is 12.3. The molecule has 0 unspecified atom stereocenters. The number of ether oxygens (including phenoxy) is 1. The van der Waals surface area contributed by atoms with Gasteiger partial charge in [0.2, 0.25) is 0 Å². The van der Waals surface area contributed by atoms with Crippen LogP contribution < -0.4 is 0 Å². The van der Waals surface area contributed by atoms with Gasteiger partial charge in [0.1, 0.15) is 0 Å². The maximum absolute atomic E-state index is 11.6. The van der Waals surface area contributed by atoms with Gasteiger partial charge in [0.15, 0.2) is 0 Å². The van der Waals surface area contributed by atoms with Crippen LogP contribution >= 0.6 is 0 Å². The van der Waals surface area contributed by atoms with Crippen LogP contribution in [0, 0.1) is 6.92 Å². The number of aryl methyl sites for hydroxylation is 1. The van der Waals surface area contributed by atoms with E-state index in [4.69, 9.17) is 4.74 Å². The van der Waals surface area contributed by atoms with Crippen molar-refractivity contribution in [3.05, 3.63) is 65.0 Å². The minimum absolute atomic E-state index is 0.342. The normalized spacial score (nSPS) is 10.1. The van der Waals surface area contributed by atoms with Crippen LogP contribution in [0.25, 0.3) is 0 Å². The number of hydrogen-bond acceptors (Lipinski definition) is 3. The third-order valence-corrected chi connectivity index (χ3v) is 2.75. The maximum Gasteiger partial charge on any atom is 0.339 e. The molecule has 0 atom stereocenters. The Labute approximate surface area is 106 Å². The van der Waals surface area contributed by atoms with Crippen molar-refractivity contribution in [1.82, 2.24) is 4.98 Å². The number of esters is 1. The second kappa shape index (κ2) is 5.45. The molecule has 0 aliphatic rings. The van der Waals surface area contributed by atoms with E-state index in [-0.39, 0.29) is 5.97 Å². The molecule has 1 aromatic heterocycles. The largest absolute Gasteiger partial charge is 0.465 e. The minimum atomic E-state index is -0.342. The van der Waals surface area contributed by atoms with Crippen LogP contribution in [0.2, 0.25) is 0 Å². The van der Waals surface area contributed by atoms with Gasteiger partial charge < -0.3 is 4.74 Å². The van der Waals surface area contributed by atoms with Crippen molar-refractivity contribution < 1.29 is 9.53 Å². The Bertz CT molecular complexity index is 564. The Morgan fingerprint density at radius 1 is 1.28 bits per heavy atom. The summed E-state index contributed by atoms with van der Waals surface area (Å²) in [6, 6.07) is 11.7. The Balaban J connectivity index is 2.32. The van der Waals surface area contributed by atoms with Gasteiger partial charge >= 0.3 is 5.97 Å². The molecule has 2 rings (SSSR count). The van der Waals surface area contributed by atoms with Crippen molar-refractivity contribution in [2.75, 3.05) is 7.11 Å². The van der Waals surface area contributed by atoms with E-state index < -0.39 is 0 Å². The average Bonchev–Trinajstić information content (AvgIpc) is 2.38. The van der Waals surface area contributed by atoms with Crippen LogP contribution in [0.1, 0.15) is 27.2 Å². The summed E-state index contributed by atoms with van der Waals surface area (Å²) in [6.45, 7) is 2.04. The van der Waals surface area contributed by atoms with Gasteiger partial charge in [-0.05, 0) is 24.6 Å². The van der Waals surface area contributed by atoms with Crippen LogP contribution in [0.4, 0.5) is 0 Å². The molecule has 0 spiro atoms. The molecular formula is C15H15NO2. The number of benzene rings is 1. The quantitative estimate of drug-likeness (QED) is 0.776. The topological polar surface area (TPSA) is 39.2 Å². The number of hydrogen-bond donors (Lipinski definition) is 0. The van der Waals surface area contributed by atoms with Crippen molar-refractivity contribution >= 4 is 5.97 Å². The summed E-state index contributed by atoms with van der Waals surface area (Å²) >= 11 is 0. The number of carbonyl (C=O) groups is 1. The molecule has 92 valence electrons. The van der Waals surface area contributed by atoms with Crippen molar-refractivity contribution in [2.24, 2.45) is 0 Å². The predicted octanol–water partition coefficient (Wildman–Crippen LogP) is 2.77. The lowest BCUT2D eigenvalue weighted by atomic mass is 10.0. The molecule has 3 heteroatoms. The van der Waals surface area contributed by atoms with Crippen LogP contribution in [0.15, 0.2) is 42.6 Å². The van der Waals surface area contributed by atoms with Gasteiger partial charge in [-0.3, -0.25) is 4.98 Å². The van der Waals surface area contributed by atoms with Gasteiger partial charge in [-0.1, -0.05) is 29.8 Å². The van der Waals surface area contributed by atoms with Crippen molar-refractivity contribution in [3.63, 3.8) is 0 Å². The van der Waals surface area contributed by atoms with Crippen molar-refractivity contribution in [3.8, 4) is 0 Å². The third kappa shape index (κ3) is 2.74. The summed E-state index contributed by atoms with van der Waals surface area (Å²) < 4.78 is 4.76. The van der Waals surface area contributed by atoms with Gasteiger partial charge in [-0.2, -0.15) is 0 Å². The van der Waals surface area contributed by atoms with Crippen molar-refractivity contribution in [1.29, 1.82) is 0 Å². The average molecular weight is 241 g/mol. The first-order chi connectivity index (χ1) is 8.70. The fraction of sp³-hybridized carbons (Fsp3) is 0.200. The smallest absolute Gasteiger partial charge is 0.339 e. The number of aromatic nitrogens is 1. The summed E-state index contributed by atoms with van der Waals surface area (Å²) in [5.74, 6) is -0.342. The molecular weight excluding hydrogens is 226 g/mol. The Morgan fingerprint density at radius 2 is 2.11 bits per heavy atom. The van der Waals surface area contributed by atoms with E-state index in [1.807, 2.05) is 25.1 Å². The molecule has 18 heavy (non-hydrogen) atoms. The van der Waals surface area contributed by atoms with E-state index in [1.165, 1.54) is 12.7 Å². The number of methoxy groups -OCH3 is 1. The van der Waals surface area contributed by atoms with E-state index in [1.54, 1.807) is 18.3 Å². The molecule has 0 bridgehead atoms. The second-order valence-corrected chi connectivity index (χ2v) is 4.16. The molecule has 0 N–H and O–H groups in total. The Kier molecular flexibility index (Phi) is 3.72. The zero-order chi connectivity index (χ0) is 13.0. The zero-order valence-electron chi connectivity index (χ0n) is 10.5. The van der Waals surface area contributed by atoms with E-state index in [2.05, 4.69) is 11.1 Å². The monoisotopic (exact) mass is 241 g/mol. The number of rotatable bonds is 3. The molecule has 2 aromatic rings. The molecule has 0 aliphatic heterocycles. The zero-order valence-corrected chi connectivity index (χ0v) is 10.5. The van der Waals surface area contributed by atoms with Gasteiger partial charge in [0.05, 0.1) is 18.4 Å². The second-order valence-electron chi connectivity index (χ2n) is 4.16. The van der Waals surface area contributed by atoms with E-state index in [0.29, 0.717) is 12.0 Å². The molecule has 1 heterocycles. The molecule has 0 amide bonds. The first-order valence-corrected chi connectivity index (χ1v) is 5.78. The molecule has 0 saturated heterocycles. The molecule has 1 aromatic carbocycles. The van der Waals surface area contributed by atoms with Crippen molar-refractivity contribution in [2.45, 2.75) is 13.3 Å². The van der Waals surface area contributed by atoms with Crippen LogP contribution in [0.3, 0.4) is 0 Å². The lowest BCUT2D eigenvalue weighted by Crippen LogP contribution is -2.07. The van der Waals surface area contributed by atoms with Crippen LogP contribution in [-0.2, 0) is 11.2 Å². The highest BCUT2D eigenvalue weighted by atomic mass is 16.5. The molecule has 0 radical (unpaired) electrons. The highest BCUT2D eigenvalue weighted by Crippen LogP contribution is 2.14. The van der Waals surface area contributed by atoms with E-state index in [0.717, 1.165) is 11.3 Å². The maximum atomic E-state index is 11.6. The standard InChI is InChI=1S/C15H15NO2/c1-11-5-3-6-12(9-11)10-14-13(15(17)18-2)7-4-8-16-14/h3-9H,10H2,1-2H3. The van der Waals surface area contributed by atoms with E-state index >= 15 is 0 Å². The van der Waals surface area contributed by atoms with Crippen LogP contribution in [0.5, 0.6) is 0 Å². The predicted molar refractivity (Wildman–Crippen MR) is 69.6 cm³/mol. The number of carbonyl (C=O) groups excluding carboxylic acids is 1. The number of pyridine rings is 1. The molecule has 3 nitrogen and oxygen atoms in total. The third-order valence-electron chi connectivity index (χ3n) is 2.75. The summed E-state index contributed by atoms with van der Waals surface area (Å²) in [7, 11) is 1.38. The van der Waals surface area contributed by atoms with Crippen LogP contribution in [-0.4, -0.2) is 18.1 Å². The Hall–Kier alpha value is -2.16. The van der Waals surface area contributed by atoms with E-state index in [9.17, 15) is 4.79 Å². The molecule has 0 saturated carbocycles. The Morgan fingerprint density at radius 3 is 2.83 bits per heavy atom. The summed E-state index contributed by atoms with van der Waals surface area (Å²) in [6.07, 6.45) is 2.32. The summed E-state index contributed by atoms with van der Waals surface area (Å²) in [5.41, 5.74) is 3.61. The fourth-order valence-electron chi connectivity index (χ4n) is 1.89. The lowest BCUT2D eigenvalue weighted by Gasteiger charge is -2.07. The van der Waals surface area contributed by atoms with Gasteiger partial charge in [-0.15, -0.1) is 0 Å². The number of nitrogens with zero attached hydrogens (tertiary/aromatic N) is 1. The fourth-order valence-corrected chi connectivity index (χ4v) is 1.89. The SMILES string of the molecule is COC(=O)c1cccnc1Cc1cccc(C)c1. The first-order valence-electron chi connectivity index (χ1n) is 5.78. The van der Waals surface area contributed by atoms with Gasteiger partial charge in [-0.25, -0.2) is 4.79 Å². The minimum Gasteiger partial charge on any atom is -0.465 e. The van der Waals surface area contributed by atoms with Gasteiger partial charge in [0, 0.05) is 12.6 Å². The highest BCUT2D eigenvalue weighted by Gasteiger charge is 2.12. The van der Waals surface area contributed by atoms with Gasteiger partial charge in [0.25, 0.3) is 0 Å². The highest BCUT2D eigenvalue weighted by molar-refractivity contribution is 5.90. The molecule has 0 aliphatic carbocycles. The summed E-state index contributed by atoms with van der Waals surface area (Å²) in [5, 5.41) is 0.